The number of ether oxygens (including phenoxy) is 1. The minimum Gasteiger partial charge on any atom is -0.444 e. The molecule has 0 atom stereocenters. The Hall–Kier alpha value is -1.33. The topological polar surface area (TPSA) is 58.6 Å². The van der Waals surface area contributed by atoms with E-state index in [1.54, 1.807) is 0 Å². The summed E-state index contributed by atoms with van der Waals surface area (Å²) in [7, 11) is -1.51. The Balaban J connectivity index is 2.68. The second kappa shape index (κ2) is 7.09. The molecule has 0 saturated heterocycles. The average Bonchev–Trinajstić information content (AvgIpc) is 2.34. The molecule has 0 aliphatic carbocycles. The standard InChI is InChI=1S/C16H27NO3Si/c1-16(2,3)20-15(19)17-13-7-9-14(10-8-13)21(4,5)12-6-11-18/h7-10,18H,6,11-12H2,1-5H3,(H,17,19). The number of amides is 1. The third-order valence-corrected chi connectivity index (χ3v) is 6.77. The van der Waals surface area contributed by atoms with Gasteiger partial charge in [-0.15, -0.1) is 0 Å². The van der Waals surface area contributed by atoms with E-state index in [0.717, 1.165) is 18.2 Å². The maximum absolute atomic E-state index is 11.7. The van der Waals surface area contributed by atoms with E-state index in [1.165, 1.54) is 5.19 Å². The average molecular weight is 309 g/mol. The molecular weight excluding hydrogens is 282 g/mol. The number of hydrogen-bond acceptors (Lipinski definition) is 3. The number of nitrogens with one attached hydrogen (secondary N) is 1. The van der Waals surface area contributed by atoms with Gasteiger partial charge in [0.1, 0.15) is 5.60 Å². The van der Waals surface area contributed by atoms with Crippen LogP contribution >= 0.6 is 0 Å². The Kier molecular flexibility index (Phi) is 5.98. The van der Waals surface area contributed by atoms with Gasteiger partial charge in [-0.3, -0.25) is 5.32 Å². The molecule has 2 N–H and O–H groups in total. The number of benzene rings is 1. The molecule has 0 heterocycles. The van der Waals surface area contributed by atoms with E-state index in [1.807, 2.05) is 32.9 Å². The van der Waals surface area contributed by atoms with E-state index in [2.05, 4.69) is 30.5 Å². The number of aliphatic hydroxyl groups is 1. The molecule has 0 fully saturated rings. The lowest BCUT2D eigenvalue weighted by Crippen LogP contribution is -2.41. The summed E-state index contributed by atoms with van der Waals surface area (Å²) in [6.07, 6.45) is 0.406. The number of carbonyl (C=O) groups is 1. The largest absolute Gasteiger partial charge is 0.444 e. The molecule has 0 unspecified atom stereocenters. The summed E-state index contributed by atoms with van der Waals surface area (Å²) < 4.78 is 5.22. The first-order valence-electron chi connectivity index (χ1n) is 7.35. The lowest BCUT2D eigenvalue weighted by atomic mass is 10.2. The highest BCUT2D eigenvalue weighted by Crippen LogP contribution is 2.15. The van der Waals surface area contributed by atoms with Crippen molar-refractivity contribution in [1.29, 1.82) is 0 Å². The van der Waals surface area contributed by atoms with E-state index in [-0.39, 0.29) is 6.61 Å². The van der Waals surface area contributed by atoms with Gasteiger partial charge in [0.2, 0.25) is 0 Å². The van der Waals surface area contributed by atoms with Crippen LogP contribution in [0.2, 0.25) is 19.1 Å². The Labute approximate surface area is 128 Å². The van der Waals surface area contributed by atoms with Crippen LogP contribution < -0.4 is 10.5 Å². The van der Waals surface area contributed by atoms with Crippen molar-refractivity contribution in [1.82, 2.24) is 0 Å². The quantitative estimate of drug-likeness (QED) is 0.820. The smallest absolute Gasteiger partial charge is 0.412 e. The fourth-order valence-corrected chi connectivity index (χ4v) is 4.49. The zero-order chi connectivity index (χ0) is 16.1. The predicted molar refractivity (Wildman–Crippen MR) is 89.9 cm³/mol. The summed E-state index contributed by atoms with van der Waals surface area (Å²) in [5.74, 6) is 0. The van der Waals surface area contributed by atoms with Gasteiger partial charge in [0.15, 0.2) is 0 Å². The molecule has 5 heteroatoms. The Morgan fingerprint density at radius 2 is 1.81 bits per heavy atom. The number of rotatable bonds is 5. The lowest BCUT2D eigenvalue weighted by Gasteiger charge is -2.23. The highest BCUT2D eigenvalue weighted by molar-refractivity contribution is 6.89. The summed E-state index contributed by atoms with van der Waals surface area (Å²) in [6.45, 7) is 10.3. The Morgan fingerprint density at radius 3 is 2.29 bits per heavy atom. The van der Waals surface area contributed by atoms with E-state index in [9.17, 15) is 4.79 Å². The van der Waals surface area contributed by atoms with E-state index in [0.29, 0.717) is 0 Å². The van der Waals surface area contributed by atoms with Crippen LogP contribution in [0.1, 0.15) is 27.2 Å². The van der Waals surface area contributed by atoms with Crippen molar-refractivity contribution in [2.45, 2.75) is 51.9 Å². The second-order valence-corrected chi connectivity index (χ2v) is 11.8. The summed E-state index contributed by atoms with van der Waals surface area (Å²) in [6, 6.07) is 9.01. The minimum absolute atomic E-state index is 0.245. The zero-order valence-corrected chi connectivity index (χ0v) is 14.7. The van der Waals surface area contributed by atoms with Crippen molar-refractivity contribution in [3.63, 3.8) is 0 Å². The number of aliphatic hydroxyl groups excluding tert-OH is 1. The molecule has 0 bridgehead atoms. The van der Waals surface area contributed by atoms with Gasteiger partial charge in [-0.05, 0) is 39.3 Å². The normalized spacial score (nSPS) is 12.1. The first-order chi connectivity index (χ1) is 9.64. The van der Waals surface area contributed by atoms with Gasteiger partial charge >= 0.3 is 6.09 Å². The molecule has 1 aromatic carbocycles. The molecule has 0 aromatic heterocycles. The maximum atomic E-state index is 11.7. The first-order valence-corrected chi connectivity index (χ1v) is 10.6. The molecule has 0 saturated carbocycles. The number of carbonyl (C=O) groups excluding carboxylic acids is 1. The molecule has 0 aliphatic heterocycles. The second-order valence-electron chi connectivity index (χ2n) is 6.92. The summed E-state index contributed by atoms with van der Waals surface area (Å²) in [5, 5.41) is 13.0. The van der Waals surface area contributed by atoms with Gasteiger partial charge in [-0.1, -0.05) is 36.5 Å². The third kappa shape index (κ3) is 6.31. The molecule has 118 valence electrons. The number of anilines is 1. The van der Waals surface area contributed by atoms with Gasteiger partial charge < -0.3 is 9.84 Å². The SMILES string of the molecule is CC(C)(C)OC(=O)Nc1ccc([Si](C)(C)CCCO)cc1. The van der Waals surface area contributed by atoms with Gasteiger partial charge in [0.05, 0.1) is 8.07 Å². The van der Waals surface area contributed by atoms with Crippen LogP contribution in [0, 0.1) is 0 Å². The molecule has 0 radical (unpaired) electrons. The summed E-state index contributed by atoms with van der Waals surface area (Å²) in [5.41, 5.74) is 0.239. The molecule has 1 rings (SSSR count). The number of hydrogen-bond donors (Lipinski definition) is 2. The van der Waals surface area contributed by atoms with Crippen LogP contribution in [-0.4, -0.2) is 31.5 Å². The Bertz CT molecular complexity index is 463. The van der Waals surface area contributed by atoms with Gasteiger partial charge in [-0.25, -0.2) is 4.79 Å². The van der Waals surface area contributed by atoms with Crippen LogP contribution in [0.5, 0.6) is 0 Å². The van der Waals surface area contributed by atoms with Crippen LogP contribution in [0.15, 0.2) is 24.3 Å². The van der Waals surface area contributed by atoms with Crippen molar-refractivity contribution in [2.75, 3.05) is 11.9 Å². The van der Waals surface area contributed by atoms with Crippen LogP contribution in [0.4, 0.5) is 10.5 Å². The van der Waals surface area contributed by atoms with E-state index >= 15 is 0 Å². The van der Waals surface area contributed by atoms with Crippen molar-refractivity contribution < 1.29 is 14.6 Å². The molecule has 21 heavy (non-hydrogen) atoms. The monoisotopic (exact) mass is 309 g/mol. The van der Waals surface area contributed by atoms with E-state index in [4.69, 9.17) is 9.84 Å². The Morgan fingerprint density at radius 1 is 1.24 bits per heavy atom. The van der Waals surface area contributed by atoms with Crippen LogP contribution in [-0.2, 0) is 4.74 Å². The van der Waals surface area contributed by atoms with E-state index < -0.39 is 19.8 Å². The van der Waals surface area contributed by atoms with Gasteiger partial charge in [0, 0.05) is 12.3 Å². The van der Waals surface area contributed by atoms with Crippen molar-refractivity contribution in [3.05, 3.63) is 24.3 Å². The van der Waals surface area contributed by atoms with Gasteiger partial charge in [-0.2, -0.15) is 0 Å². The maximum Gasteiger partial charge on any atom is 0.412 e. The van der Waals surface area contributed by atoms with Crippen LogP contribution in [0.25, 0.3) is 0 Å². The third-order valence-electron chi connectivity index (χ3n) is 3.27. The minimum atomic E-state index is -1.51. The highest BCUT2D eigenvalue weighted by atomic mass is 28.3. The molecule has 4 nitrogen and oxygen atoms in total. The van der Waals surface area contributed by atoms with Crippen molar-refractivity contribution in [2.24, 2.45) is 0 Å². The first kappa shape index (κ1) is 17.7. The molecule has 1 amide bonds. The zero-order valence-electron chi connectivity index (χ0n) is 13.7. The molecular formula is C16H27NO3Si. The van der Waals surface area contributed by atoms with Crippen molar-refractivity contribution in [3.8, 4) is 0 Å². The van der Waals surface area contributed by atoms with Crippen molar-refractivity contribution >= 4 is 25.0 Å². The predicted octanol–water partition coefficient (Wildman–Crippen LogP) is 3.33. The van der Waals surface area contributed by atoms with Gasteiger partial charge in [0.25, 0.3) is 0 Å². The molecule has 1 aromatic rings. The fraction of sp³-hybridized carbons (Fsp3) is 0.562. The van der Waals surface area contributed by atoms with Crippen LogP contribution in [0.3, 0.4) is 0 Å². The highest BCUT2D eigenvalue weighted by Gasteiger charge is 2.22. The fourth-order valence-electron chi connectivity index (χ4n) is 2.09. The molecule has 0 aliphatic rings. The summed E-state index contributed by atoms with van der Waals surface area (Å²) >= 11 is 0. The molecule has 0 spiro atoms. The lowest BCUT2D eigenvalue weighted by molar-refractivity contribution is 0.0636. The summed E-state index contributed by atoms with van der Waals surface area (Å²) in [4.78, 5) is 11.7.